The SMILES string of the molecule is CCCCCCCC/C=C/CCCCCCCCCCCCCC(=O)OC[C@H](COP(=O)(O)OC[C@H](N)C(=O)O)OC(=O)CCCCCCCCCCC/C=C/CCCCCCCC. The van der Waals surface area contributed by atoms with Gasteiger partial charge in [-0.15, -0.1) is 0 Å². The van der Waals surface area contributed by atoms with E-state index >= 15 is 0 Å². The number of phosphoric acid groups is 1. The minimum atomic E-state index is -4.72. The first-order valence-corrected chi connectivity index (χ1v) is 27.9. The number of phosphoric ester groups is 1. The van der Waals surface area contributed by atoms with Gasteiger partial charge in [0.15, 0.2) is 6.10 Å². The average Bonchev–Trinajstić information content (AvgIpc) is 3.27. The van der Waals surface area contributed by atoms with Crippen LogP contribution in [0.5, 0.6) is 0 Å². The fourth-order valence-corrected chi connectivity index (χ4v) is 8.31. The van der Waals surface area contributed by atoms with Crippen molar-refractivity contribution in [2.45, 2.75) is 270 Å². The Morgan fingerprint density at radius 3 is 1.14 bits per heavy atom. The zero-order valence-electron chi connectivity index (χ0n) is 41.1. The summed E-state index contributed by atoms with van der Waals surface area (Å²) in [6.45, 7) is 2.84. The Labute approximate surface area is 391 Å². The Morgan fingerprint density at radius 2 is 0.781 bits per heavy atom. The van der Waals surface area contributed by atoms with Crippen molar-refractivity contribution in [3.63, 3.8) is 0 Å². The first-order valence-electron chi connectivity index (χ1n) is 26.4. The topological polar surface area (TPSA) is 172 Å². The van der Waals surface area contributed by atoms with E-state index in [-0.39, 0.29) is 19.4 Å². The van der Waals surface area contributed by atoms with E-state index in [1.807, 2.05) is 0 Å². The monoisotopic (exact) mass is 928 g/mol. The van der Waals surface area contributed by atoms with Gasteiger partial charge in [0, 0.05) is 12.8 Å². The molecule has 0 rings (SSSR count). The van der Waals surface area contributed by atoms with E-state index < -0.39 is 51.1 Å². The lowest BCUT2D eigenvalue weighted by Crippen LogP contribution is -2.34. The molecule has 376 valence electrons. The quantitative estimate of drug-likeness (QED) is 0.0229. The van der Waals surface area contributed by atoms with Crippen LogP contribution < -0.4 is 5.73 Å². The van der Waals surface area contributed by atoms with Crippen LogP contribution >= 0.6 is 7.82 Å². The summed E-state index contributed by atoms with van der Waals surface area (Å²) < 4.78 is 32.9. The Hall–Kier alpha value is -2.04. The third-order valence-electron chi connectivity index (χ3n) is 11.7. The van der Waals surface area contributed by atoms with E-state index in [9.17, 15) is 23.8 Å². The van der Waals surface area contributed by atoms with Crippen LogP contribution in [0.25, 0.3) is 0 Å². The second-order valence-corrected chi connectivity index (χ2v) is 19.5. The Bertz CT molecular complexity index is 1180. The molecule has 0 aliphatic rings. The van der Waals surface area contributed by atoms with Crippen molar-refractivity contribution >= 4 is 25.7 Å². The van der Waals surface area contributed by atoms with Gasteiger partial charge in [0.2, 0.25) is 0 Å². The summed E-state index contributed by atoms with van der Waals surface area (Å²) in [6, 6.07) is -1.52. The maximum absolute atomic E-state index is 12.7. The predicted molar refractivity (Wildman–Crippen MR) is 263 cm³/mol. The van der Waals surface area contributed by atoms with Crippen LogP contribution in [0.2, 0.25) is 0 Å². The molecule has 0 spiro atoms. The highest BCUT2D eigenvalue weighted by molar-refractivity contribution is 7.47. The van der Waals surface area contributed by atoms with Crippen LogP contribution in [0.3, 0.4) is 0 Å². The molecule has 0 amide bonds. The zero-order valence-corrected chi connectivity index (χ0v) is 42.0. The van der Waals surface area contributed by atoms with Gasteiger partial charge in [-0.3, -0.25) is 23.4 Å². The molecule has 0 aliphatic carbocycles. The van der Waals surface area contributed by atoms with Crippen molar-refractivity contribution in [3.05, 3.63) is 24.3 Å². The molecular formula is C52H98NO10P. The van der Waals surface area contributed by atoms with E-state index in [0.717, 1.165) is 38.5 Å². The van der Waals surface area contributed by atoms with Gasteiger partial charge in [0.25, 0.3) is 0 Å². The van der Waals surface area contributed by atoms with E-state index in [0.29, 0.717) is 12.8 Å². The lowest BCUT2D eigenvalue weighted by atomic mass is 10.0. The molecule has 0 aromatic heterocycles. The van der Waals surface area contributed by atoms with Crippen LogP contribution in [-0.4, -0.2) is 59.9 Å². The molecule has 0 saturated heterocycles. The summed E-state index contributed by atoms with van der Waals surface area (Å²) in [5.41, 5.74) is 5.36. The van der Waals surface area contributed by atoms with Gasteiger partial charge in [-0.1, -0.05) is 205 Å². The van der Waals surface area contributed by atoms with E-state index in [1.54, 1.807) is 0 Å². The molecule has 0 saturated carbocycles. The van der Waals surface area contributed by atoms with Crippen LogP contribution in [0.1, 0.15) is 258 Å². The standard InChI is InChI=1S/C52H98NO10P/c1-3-5-7-9-11-13-15-17-19-21-23-24-26-27-29-31-33-35-37-39-41-43-50(54)60-45-48(46-61-64(58,59)62-47-49(53)52(56)57)63-51(55)44-42-40-38-36-34-32-30-28-25-22-20-18-16-14-12-10-8-6-4-2/h17-20,48-49H,3-16,21-47,53H2,1-2H3,(H,56,57)(H,58,59)/b19-17+,20-18+/t48-,49+/m1/s1. The molecule has 0 aromatic carbocycles. The third kappa shape index (κ3) is 46.5. The van der Waals surface area contributed by atoms with Crippen molar-refractivity contribution in [1.29, 1.82) is 0 Å². The molecule has 0 aliphatic heterocycles. The molecule has 3 atom stereocenters. The molecule has 64 heavy (non-hydrogen) atoms. The maximum Gasteiger partial charge on any atom is 0.472 e. The molecule has 0 heterocycles. The largest absolute Gasteiger partial charge is 0.480 e. The smallest absolute Gasteiger partial charge is 0.472 e. The minimum absolute atomic E-state index is 0.162. The number of carbonyl (C=O) groups is 3. The number of carboxylic acid groups (broad SMARTS) is 1. The summed E-state index contributed by atoms with van der Waals surface area (Å²) in [7, 11) is -4.72. The first-order chi connectivity index (χ1) is 31.1. The number of allylic oxidation sites excluding steroid dienone is 4. The number of hydrogen-bond donors (Lipinski definition) is 3. The Kier molecular flexibility index (Phi) is 45.9. The van der Waals surface area contributed by atoms with Crippen molar-refractivity contribution < 1.29 is 47.5 Å². The Balaban J connectivity index is 4.21. The van der Waals surface area contributed by atoms with Gasteiger partial charge < -0.3 is 25.2 Å². The third-order valence-corrected chi connectivity index (χ3v) is 12.6. The summed E-state index contributed by atoms with van der Waals surface area (Å²) in [6.07, 6.45) is 52.4. The van der Waals surface area contributed by atoms with E-state index in [2.05, 4.69) is 42.7 Å². The molecular weight excluding hydrogens is 830 g/mol. The number of carboxylic acids is 1. The van der Waals surface area contributed by atoms with Gasteiger partial charge >= 0.3 is 25.7 Å². The van der Waals surface area contributed by atoms with Crippen molar-refractivity contribution in [2.75, 3.05) is 19.8 Å². The van der Waals surface area contributed by atoms with Crippen LogP contribution in [-0.2, 0) is 37.5 Å². The van der Waals surface area contributed by atoms with Crippen molar-refractivity contribution in [1.82, 2.24) is 0 Å². The molecule has 1 unspecified atom stereocenters. The fourth-order valence-electron chi connectivity index (χ4n) is 7.53. The summed E-state index contributed by atoms with van der Waals surface area (Å²) >= 11 is 0. The number of ether oxygens (including phenoxy) is 2. The number of aliphatic carboxylic acids is 1. The predicted octanol–water partition coefficient (Wildman–Crippen LogP) is 15.0. The first kappa shape index (κ1) is 62.0. The van der Waals surface area contributed by atoms with Gasteiger partial charge in [-0.25, -0.2) is 4.57 Å². The lowest BCUT2D eigenvalue weighted by molar-refractivity contribution is -0.161. The second kappa shape index (κ2) is 47.5. The molecule has 0 fully saturated rings. The highest BCUT2D eigenvalue weighted by atomic mass is 31.2. The molecule has 11 nitrogen and oxygen atoms in total. The molecule has 0 bridgehead atoms. The fraction of sp³-hybridized carbons (Fsp3) is 0.865. The number of esters is 2. The number of nitrogens with two attached hydrogens (primary N) is 1. The van der Waals surface area contributed by atoms with Crippen molar-refractivity contribution in [2.24, 2.45) is 5.73 Å². The number of hydrogen-bond acceptors (Lipinski definition) is 9. The van der Waals surface area contributed by atoms with Crippen molar-refractivity contribution in [3.8, 4) is 0 Å². The van der Waals surface area contributed by atoms with Gasteiger partial charge in [-0.05, 0) is 64.2 Å². The van der Waals surface area contributed by atoms with E-state index in [1.165, 1.54) is 180 Å². The second-order valence-electron chi connectivity index (χ2n) is 18.0. The van der Waals surface area contributed by atoms with Crippen LogP contribution in [0.4, 0.5) is 0 Å². The Morgan fingerprint density at radius 1 is 0.469 bits per heavy atom. The number of rotatable bonds is 50. The highest BCUT2D eigenvalue weighted by Crippen LogP contribution is 2.43. The van der Waals surface area contributed by atoms with Gasteiger partial charge in [0.1, 0.15) is 12.6 Å². The molecule has 0 aromatic rings. The normalized spacial score (nSPS) is 13.7. The van der Waals surface area contributed by atoms with E-state index in [4.69, 9.17) is 24.8 Å². The average molecular weight is 928 g/mol. The highest BCUT2D eigenvalue weighted by Gasteiger charge is 2.28. The molecule has 0 radical (unpaired) electrons. The number of carbonyl (C=O) groups excluding carboxylic acids is 2. The molecule has 12 heteroatoms. The zero-order chi connectivity index (χ0) is 47.0. The summed E-state index contributed by atoms with van der Waals surface area (Å²) in [5.74, 6) is -2.37. The molecule has 4 N–H and O–H groups in total. The van der Waals surface area contributed by atoms with Gasteiger partial charge in [0.05, 0.1) is 13.2 Å². The van der Waals surface area contributed by atoms with Crippen LogP contribution in [0.15, 0.2) is 24.3 Å². The lowest BCUT2D eigenvalue weighted by Gasteiger charge is -2.20. The minimum Gasteiger partial charge on any atom is -0.480 e. The number of unbranched alkanes of at least 4 members (excludes halogenated alkanes) is 32. The summed E-state index contributed by atoms with van der Waals surface area (Å²) in [4.78, 5) is 46.2. The van der Waals surface area contributed by atoms with Gasteiger partial charge in [-0.2, -0.15) is 0 Å². The summed E-state index contributed by atoms with van der Waals surface area (Å²) in [5, 5.41) is 8.93. The maximum atomic E-state index is 12.7. The van der Waals surface area contributed by atoms with Crippen LogP contribution in [0, 0.1) is 0 Å².